The van der Waals surface area contributed by atoms with Crippen molar-refractivity contribution in [2.45, 2.75) is 40.0 Å². The number of benzene rings is 1. The minimum atomic E-state index is -0.185. The first-order valence-corrected chi connectivity index (χ1v) is 8.99. The molecular formula is C20H28N4O2. The van der Waals surface area contributed by atoms with Crippen molar-refractivity contribution >= 4 is 17.5 Å². The highest BCUT2D eigenvalue weighted by Gasteiger charge is 2.14. The summed E-state index contributed by atoms with van der Waals surface area (Å²) in [5, 5.41) is 2.92. The zero-order valence-electron chi connectivity index (χ0n) is 16.3. The maximum Gasteiger partial charge on any atom is 0.255 e. The summed E-state index contributed by atoms with van der Waals surface area (Å²) < 4.78 is 5.68. The summed E-state index contributed by atoms with van der Waals surface area (Å²) in [5.74, 6) is 1.22. The fourth-order valence-corrected chi connectivity index (χ4v) is 2.51. The number of anilines is 2. The molecular weight excluding hydrogens is 328 g/mol. The molecule has 0 unspecified atom stereocenters. The van der Waals surface area contributed by atoms with Crippen LogP contribution in [0.15, 0.2) is 24.3 Å². The van der Waals surface area contributed by atoms with Gasteiger partial charge in [-0.2, -0.15) is 0 Å². The summed E-state index contributed by atoms with van der Waals surface area (Å²) in [4.78, 5) is 23.2. The molecule has 0 saturated carbocycles. The highest BCUT2D eigenvalue weighted by molar-refractivity contribution is 6.04. The van der Waals surface area contributed by atoms with Gasteiger partial charge in [0.2, 0.25) is 5.95 Å². The number of carbonyl (C=O) groups is 1. The van der Waals surface area contributed by atoms with Crippen molar-refractivity contribution in [1.29, 1.82) is 0 Å². The Kier molecular flexibility index (Phi) is 6.95. The van der Waals surface area contributed by atoms with Crippen LogP contribution in [0.1, 0.15) is 47.9 Å². The number of hydrogen-bond donors (Lipinski definition) is 1. The van der Waals surface area contributed by atoms with Crippen molar-refractivity contribution in [3.8, 4) is 5.75 Å². The van der Waals surface area contributed by atoms with Crippen molar-refractivity contribution in [2.24, 2.45) is 0 Å². The molecule has 6 heteroatoms. The molecule has 2 aromatic rings. The van der Waals surface area contributed by atoms with E-state index in [2.05, 4.69) is 22.2 Å². The molecule has 1 amide bonds. The third kappa shape index (κ3) is 5.18. The predicted octanol–water partition coefficient (Wildman–Crippen LogP) is 3.98. The normalized spacial score (nSPS) is 10.5. The molecule has 1 aromatic carbocycles. The van der Waals surface area contributed by atoms with E-state index in [0.717, 1.165) is 30.0 Å². The first-order chi connectivity index (χ1) is 12.4. The number of aromatic nitrogens is 2. The number of ether oxygens (including phenoxy) is 1. The molecule has 0 radical (unpaired) electrons. The lowest BCUT2D eigenvalue weighted by molar-refractivity contribution is 0.102. The summed E-state index contributed by atoms with van der Waals surface area (Å²) in [6, 6.07) is 7.19. The molecule has 0 fully saturated rings. The Labute approximate surface area is 155 Å². The zero-order chi connectivity index (χ0) is 19.1. The molecule has 0 spiro atoms. The van der Waals surface area contributed by atoms with E-state index in [1.165, 1.54) is 6.42 Å². The Balaban J connectivity index is 2.04. The van der Waals surface area contributed by atoms with E-state index in [1.54, 1.807) is 12.1 Å². The van der Waals surface area contributed by atoms with Gasteiger partial charge in [-0.05, 0) is 44.5 Å². The maximum absolute atomic E-state index is 12.5. The second-order valence-electron chi connectivity index (χ2n) is 6.50. The molecule has 6 nitrogen and oxygen atoms in total. The van der Waals surface area contributed by atoms with Gasteiger partial charge in [0.25, 0.3) is 5.91 Å². The van der Waals surface area contributed by atoms with Crippen LogP contribution in [0.4, 0.5) is 11.6 Å². The summed E-state index contributed by atoms with van der Waals surface area (Å²) >= 11 is 0. The van der Waals surface area contributed by atoms with Gasteiger partial charge >= 0.3 is 0 Å². The number of nitrogens with one attached hydrogen (secondary N) is 1. The van der Waals surface area contributed by atoms with Gasteiger partial charge in [0.05, 0.1) is 23.7 Å². The molecule has 2 rings (SSSR count). The average Bonchev–Trinajstić information content (AvgIpc) is 2.62. The Bertz CT molecular complexity index is 719. The van der Waals surface area contributed by atoms with Crippen LogP contribution in [0.2, 0.25) is 0 Å². The highest BCUT2D eigenvalue weighted by atomic mass is 16.5. The van der Waals surface area contributed by atoms with Crippen molar-refractivity contribution in [3.63, 3.8) is 0 Å². The van der Waals surface area contributed by atoms with Gasteiger partial charge in [-0.25, -0.2) is 9.97 Å². The number of hydrogen-bond acceptors (Lipinski definition) is 5. The highest BCUT2D eigenvalue weighted by Crippen LogP contribution is 2.21. The minimum absolute atomic E-state index is 0.185. The number of nitrogens with zero attached hydrogens (tertiary/aromatic N) is 3. The maximum atomic E-state index is 12.5. The van der Waals surface area contributed by atoms with E-state index in [1.807, 2.05) is 45.0 Å². The van der Waals surface area contributed by atoms with Gasteiger partial charge in [-0.1, -0.05) is 19.8 Å². The fraction of sp³-hybridized carbons (Fsp3) is 0.450. The van der Waals surface area contributed by atoms with Crippen LogP contribution >= 0.6 is 0 Å². The van der Waals surface area contributed by atoms with E-state index >= 15 is 0 Å². The second-order valence-corrected chi connectivity index (χ2v) is 6.50. The van der Waals surface area contributed by atoms with Gasteiger partial charge < -0.3 is 15.0 Å². The number of unbranched alkanes of at least 4 members (excludes halogenated alkanes) is 2. The van der Waals surface area contributed by atoms with Gasteiger partial charge in [-0.15, -0.1) is 0 Å². The Morgan fingerprint density at radius 2 is 1.69 bits per heavy atom. The monoisotopic (exact) mass is 356 g/mol. The van der Waals surface area contributed by atoms with Crippen molar-refractivity contribution < 1.29 is 9.53 Å². The van der Waals surface area contributed by atoms with E-state index in [-0.39, 0.29) is 5.91 Å². The van der Waals surface area contributed by atoms with Crippen LogP contribution in [0.3, 0.4) is 0 Å². The number of amides is 1. The summed E-state index contributed by atoms with van der Waals surface area (Å²) in [5.41, 5.74) is 2.71. The first-order valence-electron chi connectivity index (χ1n) is 8.99. The van der Waals surface area contributed by atoms with Crippen LogP contribution in [0, 0.1) is 13.8 Å². The summed E-state index contributed by atoms with van der Waals surface area (Å²) in [6.45, 7) is 6.60. The van der Waals surface area contributed by atoms with E-state index in [4.69, 9.17) is 4.74 Å². The molecule has 1 heterocycles. The third-order valence-electron chi connectivity index (χ3n) is 4.03. The van der Waals surface area contributed by atoms with E-state index in [0.29, 0.717) is 23.8 Å². The fourth-order valence-electron chi connectivity index (χ4n) is 2.51. The molecule has 0 atom stereocenters. The zero-order valence-corrected chi connectivity index (χ0v) is 16.3. The summed E-state index contributed by atoms with van der Waals surface area (Å²) in [6.07, 6.45) is 3.37. The van der Waals surface area contributed by atoms with Gasteiger partial charge in [0.1, 0.15) is 5.75 Å². The minimum Gasteiger partial charge on any atom is -0.494 e. The molecule has 0 saturated heterocycles. The lowest BCUT2D eigenvalue weighted by Crippen LogP contribution is -2.18. The lowest BCUT2D eigenvalue weighted by Gasteiger charge is -2.15. The number of rotatable bonds is 8. The topological polar surface area (TPSA) is 67.3 Å². The Hall–Kier alpha value is -2.63. The van der Waals surface area contributed by atoms with Gasteiger partial charge in [-0.3, -0.25) is 4.79 Å². The average molecular weight is 356 g/mol. The van der Waals surface area contributed by atoms with E-state index in [9.17, 15) is 4.79 Å². The molecule has 0 aliphatic carbocycles. The predicted molar refractivity (Wildman–Crippen MR) is 105 cm³/mol. The van der Waals surface area contributed by atoms with Gasteiger partial charge in [0.15, 0.2) is 0 Å². The molecule has 140 valence electrons. The SMILES string of the molecule is CCCCCOc1ccc(C(=O)Nc2c(C)nc(N(C)C)nc2C)cc1. The van der Waals surface area contributed by atoms with Crippen LogP contribution < -0.4 is 15.0 Å². The number of aryl methyl sites for hydroxylation is 2. The Morgan fingerprint density at radius 1 is 1.08 bits per heavy atom. The smallest absolute Gasteiger partial charge is 0.255 e. The van der Waals surface area contributed by atoms with Crippen molar-refractivity contribution in [2.75, 3.05) is 30.9 Å². The third-order valence-corrected chi connectivity index (χ3v) is 4.03. The first kappa shape index (κ1) is 19.7. The van der Waals surface area contributed by atoms with E-state index < -0.39 is 0 Å². The molecule has 0 aliphatic heterocycles. The molecule has 26 heavy (non-hydrogen) atoms. The van der Waals surface area contributed by atoms with Crippen LogP contribution in [-0.4, -0.2) is 36.6 Å². The van der Waals surface area contributed by atoms with Gasteiger partial charge in [0, 0.05) is 19.7 Å². The quantitative estimate of drug-likeness (QED) is 0.725. The Morgan fingerprint density at radius 3 is 2.23 bits per heavy atom. The molecule has 0 bridgehead atoms. The van der Waals surface area contributed by atoms with Crippen LogP contribution in [0.5, 0.6) is 5.75 Å². The molecule has 1 N–H and O–H groups in total. The largest absolute Gasteiger partial charge is 0.494 e. The molecule has 0 aliphatic rings. The van der Waals surface area contributed by atoms with Crippen molar-refractivity contribution in [3.05, 3.63) is 41.2 Å². The van der Waals surface area contributed by atoms with Crippen LogP contribution in [0.25, 0.3) is 0 Å². The second kappa shape index (κ2) is 9.17. The van der Waals surface area contributed by atoms with Crippen LogP contribution in [-0.2, 0) is 0 Å². The standard InChI is InChI=1S/C20H28N4O2/c1-6-7-8-13-26-17-11-9-16(10-12-17)19(25)23-18-14(2)21-20(24(4)5)22-15(18)3/h9-12H,6-8,13H2,1-5H3,(H,23,25). The molecule has 1 aromatic heterocycles. The number of carbonyl (C=O) groups excluding carboxylic acids is 1. The van der Waals surface area contributed by atoms with Crippen molar-refractivity contribution in [1.82, 2.24) is 9.97 Å². The lowest BCUT2D eigenvalue weighted by atomic mass is 10.2. The summed E-state index contributed by atoms with van der Waals surface area (Å²) in [7, 11) is 3.77.